The Bertz CT molecular complexity index is 552. The molecule has 110 valence electrons. The zero-order valence-corrected chi connectivity index (χ0v) is 13.3. The molecule has 0 aliphatic heterocycles. The van der Waals surface area contributed by atoms with E-state index in [1.54, 1.807) is 0 Å². The van der Waals surface area contributed by atoms with Crippen LogP contribution in [0.4, 0.5) is 5.69 Å². The van der Waals surface area contributed by atoms with Crippen LogP contribution in [0.1, 0.15) is 19.2 Å². The summed E-state index contributed by atoms with van der Waals surface area (Å²) in [5.41, 5.74) is 8.58. The van der Waals surface area contributed by atoms with Gasteiger partial charge < -0.3 is 15.6 Å². The van der Waals surface area contributed by atoms with Crippen molar-refractivity contribution in [1.82, 2.24) is 14.9 Å². The fraction of sp³-hybridized carbons (Fsp3) is 0.533. The Morgan fingerprint density at radius 2 is 2.25 bits per heavy atom. The van der Waals surface area contributed by atoms with E-state index in [1.807, 2.05) is 30.0 Å². The maximum atomic E-state index is 5.79. The minimum Gasteiger partial charge on any atom is -0.399 e. The Morgan fingerprint density at radius 3 is 2.95 bits per heavy atom. The molecule has 0 spiro atoms. The molecule has 3 N–H and O–H groups in total. The van der Waals surface area contributed by atoms with E-state index in [-0.39, 0.29) is 0 Å². The molecule has 2 aromatic rings. The summed E-state index contributed by atoms with van der Waals surface area (Å²) in [5, 5.41) is 0. The van der Waals surface area contributed by atoms with Crippen LogP contribution in [0.15, 0.2) is 18.2 Å². The van der Waals surface area contributed by atoms with E-state index >= 15 is 0 Å². The lowest BCUT2D eigenvalue weighted by molar-refractivity contribution is 0.258. The van der Waals surface area contributed by atoms with E-state index in [0.29, 0.717) is 6.04 Å². The van der Waals surface area contributed by atoms with Crippen LogP contribution in [0, 0.1) is 0 Å². The van der Waals surface area contributed by atoms with Gasteiger partial charge in [0.1, 0.15) is 5.82 Å². The van der Waals surface area contributed by atoms with Crippen LogP contribution < -0.4 is 5.73 Å². The van der Waals surface area contributed by atoms with Crippen molar-refractivity contribution in [2.24, 2.45) is 0 Å². The number of nitrogens with two attached hydrogens (primary N) is 1. The van der Waals surface area contributed by atoms with Gasteiger partial charge in [0.25, 0.3) is 0 Å². The summed E-state index contributed by atoms with van der Waals surface area (Å²) in [4.78, 5) is 10.4. The van der Waals surface area contributed by atoms with Gasteiger partial charge in [0.05, 0.1) is 11.0 Å². The zero-order chi connectivity index (χ0) is 14.5. The number of aromatic amines is 1. The van der Waals surface area contributed by atoms with E-state index in [9.17, 15) is 0 Å². The van der Waals surface area contributed by atoms with E-state index < -0.39 is 0 Å². The number of anilines is 1. The Hall–Kier alpha value is -1.20. The quantitative estimate of drug-likeness (QED) is 0.770. The third-order valence-corrected chi connectivity index (χ3v) is 4.43. The molecule has 0 aliphatic carbocycles. The van der Waals surface area contributed by atoms with E-state index in [2.05, 4.69) is 35.1 Å². The van der Waals surface area contributed by atoms with Crippen molar-refractivity contribution in [2.75, 3.05) is 31.3 Å². The summed E-state index contributed by atoms with van der Waals surface area (Å²) in [6.45, 7) is 3.27. The van der Waals surface area contributed by atoms with Gasteiger partial charge >= 0.3 is 0 Å². The fourth-order valence-corrected chi connectivity index (χ4v) is 3.29. The number of benzene rings is 1. The standard InChI is InChI=1S/C15H24N4S/c1-4-12(10-20-3)19(2)8-7-15-17-13-6-5-11(16)9-14(13)18-15/h5-6,9,12H,4,7-8,10,16H2,1-3H3,(H,17,18). The summed E-state index contributed by atoms with van der Waals surface area (Å²) in [5.74, 6) is 2.22. The molecule has 0 saturated heterocycles. The lowest BCUT2D eigenvalue weighted by atomic mass is 10.2. The molecule has 20 heavy (non-hydrogen) atoms. The van der Waals surface area contributed by atoms with Crippen LogP contribution in [0.25, 0.3) is 11.0 Å². The van der Waals surface area contributed by atoms with Gasteiger partial charge in [-0.05, 0) is 37.9 Å². The third kappa shape index (κ3) is 3.67. The Labute approximate surface area is 125 Å². The fourth-order valence-electron chi connectivity index (χ4n) is 2.41. The van der Waals surface area contributed by atoms with E-state index in [1.165, 1.54) is 12.2 Å². The Morgan fingerprint density at radius 1 is 1.45 bits per heavy atom. The molecule has 1 aromatic carbocycles. The molecule has 0 radical (unpaired) electrons. The molecule has 5 heteroatoms. The molecular formula is C15H24N4S. The van der Waals surface area contributed by atoms with Gasteiger partial charge in [0.15, 0.2) is 0 Å². The second-order valence-corrected chi connectivity index (χ2v) is 6.12. The predicted octanol–water partition coefficient (Wildman–Crippen LogP) is 2.76. The molecule has 1 atom stereocenters. The summed E-state index contributed by atoms with van der Waals surface area (Å²) >= 11 is 1.91. The number of thioether (sulfide) groups is 1. The van der Waals surface area contributed by atoms with Crippen LogP contribution >= 0.6 is 11.8 Å². The largest absolute Gasteiger partial charge is 0.399 e. The SMILES string of the molecule is CCC(CSC)N(C)CCc1nc2ccc(N)cc2[nH]1. The van der Waals surface area contributed by atoms with Crippen LogP contribution in [-0.4, -0.2) is 46.5 Å². The maximum absolute atomic E-state index is 5.79. The number of likely N-dealkylation sites (N-methyl/N-ethyl adjacent to an activating group) is 1. The normalized spacial score (nSPS) is 13.2. The molecule has 0 bridgehead atoms. The number of aromatic nitrogens is 2. The highest BCUT2D eigenvalue weighted by molar-refractivity contribution is 7.98. The first-order valence-electron chi connectivity index (χ1n) is 7.07. The minimum atomic E-state index is 0.644. The van der Waals surface area contributed by atoms with Gasteiger partial charge in [-0.1, -0.05) is 6.92 Å². The van der Waals surface area contributed by atoms with Crippen molar-refractivity contribution in [1.29, 1.82) is 0 Å². The molecular weight excluding hydrogens is 268 g/mol. The molecule has 0 saturated carbocycles. The minimum absolute atomic E-state index is 0.644. The van der Waals surface area contributed by atoms with Crippen molar-refractivity contribution in [3.8, 4) is 0 Å². The van der Waals surface area contributed by atoms with Gasteiger partial charge in [-0.3, -0.25) is 0 Å². The first-order chi connectivity index (χ1) is 9.63. The Balaban J connectivity index is 1.98. The highest BCUT2D eigenvalue weighted by atomic mass is 32.2. The molecule has 0 amide bonds. The van der Waals surface area contributed by atoms with Gasteiger partial charge in [-0.2, -0.15) is 11.8 Å². The van der Waals surface area contributed by atoms with Crippen LogP contribution in [0.2, 0.25) is 0 Å². The number of imidazole rings is 1. The Kier molecular flexibility index (Phi) is 5.31. The van der Waals surface area contributed by atoms with Crippen molar-refractivity contribution in [3.63, 3.8) is 0 Å². The average Bonchev–Trinajstić information content (AvgIpc) is 2.84. The number of nitrogens with zero attached hydrogens (tertiary/aromatic N) is 2. The van der Waals surface area contributed by atoms with Crippen molar-refractivity contribution in [2.45, 2.75) is 25.8 Å². The lowest BCUT2D eigenvalue weighted by Crippen LogP contribution is -2.34. The lowest BCUT2D eigenvalue weighted by Gasteiger charge is -2.26. The van der Waals surface area contributed by atoms with Crippen molar-refractivity contribution < 1.29 is 0 Å². The molecule has 0 fully saturated rings. The topological polar surface area (TPSA) is 57.9 Å². The predicted molar refractivity (Wildman–Crippen MR) is 89.3 cm³/mol. The number of rotatable bonds is 7. The average molecular weight is 292 g/mol. The van der Waals surface area contributed by atoms with Crippen molar-refractivity contribution >= 4 is 28.5 Å². The molecule has 0 aliphatic rings. The third-order valence-electron chi connectivity index (χ3n) is 3.71. The van der Waals surface area contributed by atoms with Crippen LogP contribution in [-0.2, 0) is 6.42 Å². The first kappa shape index (κ1) is 15.2. The molecule has 1 aromatic heterocycles. The van der Waals surface area contributed by atoms with Gasteiger partial charge in [-0.15, -0.1) is 0 Å². The molecule has 4 nitrogen and oxygen atoms in total. The molecule has 1 unspecified atom stereocenters. The second kappa shape index (κ2) is 6.99. The monoisotopic (exact) mass is 292 g/mol. The number of nitrogen functional groups attached to an aromatic ring is 1. The van der Waals surface area contributed by atoms with Crippen LogP contribution in [0.3, 0.4) is 0 Å². The zero-order valence-electron chi connectivity index (χ0n) is 12.5. The number of nitrogens with one attached hydrogen (secondary N) is 1. The highest BCUT2D eigenvalue weighted by Gasteiger charge is 2.12. The van der Waals surface area contributed by atoms with Crippen molar-refractivity contribution in [3.05, 3.63) is 24.0 Å². The number of hydrogen-bond donors (Lipinski definition) is 2. The van der Waals surface area contributed by atoms with Crippen LogP contribution in [0.5, 0.6) is 0 Å². The number of hydrogen-bond acceptors (Lipinski definition) is 4. The summed E-state index contributed by atoms with van der Waals surface area (Å²) < 4.78 is 0. The summed E-state index contributed by atoms with van der Waals surface area (Å²) in [6.07, 6.45) is 4.30. The second-order valence-electron chi connectivity index (χ2n) is 5.21. The number of fused-ring (bicyclic) bond motifs is 1. The van der Waals surface area contributed by atoms with E-state index in [4.69, 9.17) is 5.73 Å². The van der Waals surface area contributed by atoms with Gasteiger partial charge in [0, 0.05) is 30.4 Å². The summed E-state index contributed by atoms with van der Waals surface area (Å²) in [7, 11) is 2.20. The van der Waals surface area contributed by atoms with Gasteiger partial charge in [0.2, 0.25) is 0 Å². The smallest absolute Gasteiger partial charge is 0.108 e. The maximum Gasteiger partial charge on any atom is 0.108 e. The summed E-state index contributed by atoms with van der Waals surface area (Å²) in [6, 6.07) is 6.45. The highest BCUT2D eigenvalue weighted by Crippen LogP contribution is 2.15. The molecule has 1 heterocycles. The van der Waals surface area contributed by atoms with Gasteiger partial charge in [-0.25, -0.2) is 4.98 Å². The number of H-pyrrole nitrogens is 1. The van der Waals surface area contributed by atoms with E-state index in [0.717, 1.165) is 35.5 Å². The molecule has 2 rings (SSSR count). The first-order valence-corrected chi connectivity index (χ1v) is 8.46.